The molecule has 0 saturated heterocycles. The van der Waals surface area contributed by atoms with Gasteiger partial charge in [-0.3, -0.25) is 14.5 Å². The van der Waals surface area contributed by atoms with Crippen LogP contribution in [0.3, 0.4) is 0 Å². The molecule has 3 amide bonds. The summed E-state index contributed by atoms with van der Waals surface area (Å²) in [6.07, 6.45) is 0. The summed E-state index contributed by atoms with van der Waals surface area (Å²) in [5.74, 6) is -1.24. The van der Waals surface area contributed by atoms with Gasteiger partial charge in [0.05, 0.1) is 12.1 Å². The van der Waals surface area contributed by atoms with E-state index in [2.05, 4.69) is 5.32 Å². The molecule has 4 aromatic rings. The van der Waals surface area contributed by atoms with Gasteiger partial charge in [-0.2, -0.15) is 0 Å². The highest BCUT2D eigenvalue weighted by Gasteiger charge is 2.25. The Hall–Kier alpha value is -4.71. The van der Waals surface area contributed by atoms with Crippen molar-refractivity contribution in [2.45, 2.75) is 13.1 Å². The SMILES string of the molecule is O=C(c1ccccc1)c1cc(C(=O)N(Cc2ccccc2)C(=O)NCc2ccccc2)ccc1O. The molecule has 35 heavy (non-hydrogen) atoms. The van der Waals surface area contributed by atoms with Crippen molar-refractivity contribution in [3.8, 4) is 5.75 Å². The zero-order valence-corrected chi connectivity index (χ0v) is 18.9. The lowest BCUT2D eigenvalue weighted by Crippen LogP contribution is -2.43. The van der Waals surface area contributed by atoms with Crippen molar-refractivity contribution in [2.75, 3.05) is 0 Å². The average Bonchev–Trinajstić information content (AvgIpc) is 2.91. The second-order valence-electron chi connectivity index (χ2n) is 7.95. The summed E-state index contributed by atoms with van der Waals surface area (Å²) >= 11 is 0. The first-order valence-electron chi connectivity index (χ1n) is 11.1. The number of rotatable bonds is 7. The fourth-order valence-electron chi connectivity index (χ4n) is 3.62. The number of nitrogens with zero attached hydrogens (tertiary/aromatic N) is 1. The van der Waals surface area contributed by atoms with Crippen LogP contribution in [0.15, 0.2) is 109 Å². The molecule has 0 saturated carbocycles. The number of imide groups is 1. The second-order valence-corrected chi connectivity index (χ2v) is 7.95. The van der Waals surface area contributed by atoms with E-state index in [-0.39, 0.29) is 30.0 Å². The molecule has 0 aliphatic carbocycles. The van der Waals surface area contributed by atoms with Gasteiger partial charge < -0.3 is 10.4 Å². The standard InChI is InChI=1S/C29H24N2O4/c32-26-17-16-24(18-25(26)27(33)23-14-8-3-9-15-23)28(34)31(20-22-12-6-2-7-13-22)29(35)30-19-21-10-4-1-5-11-21/h1-18,32H,19-20H2,(H,30,35). The van der Waals surface area contributed by atoms with Crippen LogP contribution >= 0.6 is 0 Å². The van der Waals surface area contributed by atoms with E-state index in [9.17, 15) is 19.5 Å². The number of nitrogens with one attached hydrogen (secondary N) is 1. The number of hydrogen-bond acceptors (Lipinski definition) is 4. The Balaban J connectivity index is 1.62. The summed E-state index contributed by atoms with van der Waals surface area (Å²) in [5, 5.41) is 13.1. The topological polar surface area (TPSA) is 86.7 Å². The van der Waals surface area contributed by atoms with Crippen molar-refractivity contribution in [2.24, 2.45) is 0 Å². The number of urea groups is 1. The zero-order valence-electron chi connectivity index (χ0n) is 18.9. The number of carbonyl (C=O) groups excluding carboxylic acids is 3. The monoisotopic (exact) mass is 464 g/mol. The molecule has 0 fully saturated rings. The molecule has 0 aliphatic rings. The third-order valence-electron chi connectivity index (χ3n) is 5.48. The number of amides is 3. The lowest BCUT2D eigenvalue weighted by atomic mass is 10.00. The van der Waals surface area contributed by atoms with E-state index in [1.807, 2.05) is 60.7 Å². The van der Waals surface area contributed by atoms with Crippen molar-refractivity contribution in [3.05, 3.63) is 137 Å². The van der Waals surface area contributed by atoms with Gasteiger partial charge in [0.25, 0.3) is 5.91 Å². The molecule has 0 atom stereocenters. The van der Waals surface area contributed by atoms with Gasteiger partial charge in [-0.25, -0.2) is 4.79 Å². The fourth-order valence-corrected chi connectivity index (χ4v) is 3.62. The largest absolute Gasteiger partial charge is 0.507 e. The number of carbonyl (C=O) groups is 3. The first-order valence-corrected chi connectivity index (χ1v) is 11.1. The molecule has 6 heteroatoms. The molecule has 0 bridgehead atoms. The maximum Gasteiger partial charge on any atom is 0.324 e. The highest BCUT2D eigenvalue weighted by Crippen LogP contribution is 2.23. The number of benzene rings is 4. The summed E-state index contributed by atoms with van der Waals surface area (Å²) in [7, 11) is 0. The van der Waals surface area contributed by atoms with Crippen LogP contribution in [-0.2, 0) is 13.1 Å². The lowest BCUT2D eigenvalue weighted by Gasteiger charge is -2.22. The Morgan fingerprint density at radius 2 is 1.26 bits per heavy atom. The summed E-state index contributed by atoms with van der Waals surface area (Å²) < 4.78 is 0. The maximum atomic E-state index is 13.5. The number of aromatic hydroxyl groups is 1. The molecule has 6 nitrogen and oxygen atoms in total. The summed E-state index contributed by atoms with van der Waals surface area (Å²) in [5.41, 5.74) is 2.16. The van der Waals surface area contributed by atoms with Gasteiger partial charge in [0, 0.05) is 17.7 Å². The van der Waals surface area contributed by atoms with E-state index in [4.69, 9.17) is 0 Å². The first kappa shape index (κ1) is 23.4. The van der Waals surface area contributed by atoms with Crippen molar-refractivity contribution >= 4 is 17.7 Å². The Morgan fingerprint density at radius 3 is 1.89 bits per heavy atom. The van der Waals surface area contributed by atoms with Crippen LogP contribution in [0.1, 0.15) is 37.4 Å². The number of phenols is 1. The van der Waals surface area contributed by atoms with Gasteiger partial charge in [-0.05, 0) is 29.3 Å². The van der Waals surface area contributed by atoms with Crippen LogP contribution in [0.25, 0.3) is 0 Å². The van der Waals surface area contributed by atoms with Crippen LogP contribution in [0.4, 0.5) is 4.79 Å². The predicted octanol–water partition coefficient (Wildman–Crippen LogP) is 5.18. The average molecular weight is 465 g/mol. The minimum absolute atomic E-state index is 0.00796. The Kier molecular flexibility index (Phi) is 7.33. The molecular formula is C29H24N2O4. The van der Waals surface area contributed by atoms with Crippen LogP contribution in [-0.4, -0.2) is 27.7 Å². The van der Waals surface area contributed by atoms with Gasteiger partial charge in [0.2, 0.25) is 0 Å². The molecular weight excluding hydrogens is 440 g/mol. The number of phenolic OH excluding ortho intramolecular Hbond substituents is 1. The molecule has 2 N–H and O–H groups in total. The lowest BCUT2D eigenvalue weighted by molar-refractivity contribution is 0.0790. The molecule has 0 aliphatic heterocycles. The molecule has 4 rings (SSSR count). The molecule has 0 aromatic heterocycles. The molecule has 0 spiro atoms. The van der Waals surface area contributed by atoms with Gasteiger partial charge >= 0.3 is 6.03 Å². The van der Waals surface area contributed by atoms with Crippen molar-refractivity contribution in [3.63, 3.8) is 0 Å². The quantitative estimate of drug-likeness (QED) is 0.369. The smallest absolute Gasteiger partial charge is 0.324 e. The normalized spacial score (nSPS) is 10.4. The van der Waals surface area contributed by atoms with Crippen LogP contribution in [0.5, 0.6) is 5.75 Å². The van der Waals surface area contributed by atoms with Gasteiger partial charge in [0.1, 0.15) is 5.75 Å². The molecule has 0 heterocycles. The van der Waals surface area contributed by atoms with Crippen molar-refractivity contribution in [1.29, 1.82) is 0 Å². The van der Waals surface area contributed by atoms with E-state index >= 15 is 0 Å². The van der Waals surface area contributed by atoms with Crippen LogP contribution in [0, 0.1) is 0 Å². The summed E-state index contributed by atoms with van der Waals surface area (Å²) in [6, 6.07) is 30.5. The second kappa shape index (κ2) is 10.9. The molecule has 4 aromatic carbocycles. The van der Waals surface area contributed by atoms with E-state index in [1.165, 1.54) is 18.2 Å². The van der Waals surface area contributed by atoms with E-state index in [1.54, 1.807) is 30.3 Å². The van der Waals surface area contributed by atoms with Gasteiger partial charge in [0.15, 0.2) is 5.78 Å². The highest BCUT2D eigenvalue weighted by molar-refractivity contribution is 6.12. The van der Waals surface area contributed by atoms with Gasteiger partial charge in [-0.1, -0.05) is 91.0 Å². The third kappa shape index (κ3) is 5.81. The minimum atomic E-state index is -0.582. The zero-order chi connectivity index (χ0) is 24.6. The summed E-state index contributed by atoms with van der Waals surface area (Å²) in [6.45, 7) is 0.300. The number of ketones is 1. The Bertz CT molecular complexity index is 1320. The van der Waals surface area contributed by atoms with Crippen LogP contribution < -0.4 is 5.32 Å². The molecule has 0 radical (unpaired) electrons. The van der Waals surface area contributed by atoms with E-state index in [0.29, 0.717) is 5.56 Å². The predicted molar refractivity (Wildman–Crippen MR) is 133 cm³/mol. The first-order chi connectivity index (χ1) is 17.0. The highest BCUT2D eigenvalue weighted by atomic mass is 16.3. The van der Waals surface area contributed by atoms with Crippen molar-refractivity contribution < 1.29 is 19.5 Å². The maximum absolute atomic E-state index is 13.5. The Morgan fingerprint density at radius 1 is 0.686 bits per heavy atom. The van der Waals surface area contributed by atoms with E-state index < -0.39 is 17.7 Å². The number of hydrogen-bond donors (Lipinski definition) is 2. The molecule has 174 valence electrons. The molecule has 0 unspecified atom stereocenters. The van der Waals surface area contributed by atoms with E-state index in [0.717, 1.165) is 16.0 Å². The van der Waals surface area contributed by atoms with Crippen LogP contribution in [0.2, 0.25) is 0 Å². The fraction of sp³-hybridized carbons (Fsp3) is 0.0690. The summed E-state index contributed by atoms with van der Waals surface area (Å²) in [4.78, 5) is 40.6. The minimum Gasteiger partial charge on any atom is -0.507 e. The van der Waals surface area contributed by atoms with Gasteiger partial charge in [-0.15, -0.1) is 0 Å². The third-order valence-corrected chi connectivity index (χ3v) is 5.48. The Labute approximate surface area is 203 Å². The van der Waals surface area contributed by atoms with Crippen molar-refractivity contribution in [1.82, 2.24) is 10.2 Å².